The third-order valence-corrected chi connectivity index (χ3v) is 4.47. The number of esters is 1. The number of hydrogen-bond acceptors (Lipinski definition) is 4. The standard InChI is InChI=1S/C19H18N2O2S/c1-15-3-9-18(10-4-15)24-14-19(22)23-13-16-5-7-17(8-6-16)21-12-2-11-20-21/h2-12H,13-14H2,1H3. The summed E-state index contributed by atoms with van der Waals surface area (Å²) in [4.78, 5) is 12.9. The molecule has 0 aliphatic heterocycles. The predicted octanol–water partition coefficient (Wildman–Crippen LogP) is 4.02. The van der Waals surface area contributed by atoms with E-state index in [0.29, 0.717) is 5.75 Å². The number of carbonyl (C=O) groups is 1. The molecule has 122 valence electrons. The van der Waals surface area contributed by atoms with Gasteiger partial charge in [-0.3, -0.25) is 4.79 Å². The zero-order valence-electron chi connectivity index (χ0n) is 13.4. The number of aryl methyl sites for hydroxylation is 1. The first-order valence-electron chi connectivity index (χ1n) is 7.65. The Labute approximate surface area is 145 Å². The molecule has 3 aromatic rings. The second kappa shape index (κ2) is 7.84. The van der Waals surface area contributed by atoms with Crippen LogP contribution in [-0.2, 0) is 16.1 Å². The van der Waals surface area contributed by atoms with Crippen LogP contribution in [0, 0.1) is 6.92 Å². The molecule has 5 heteroatoms. The van der Waals surface area contributed by atoms with E-state index in [9.17, 15) is 4.79 Å². The summed E-state index contributed by atoms with van der Waals surface area (Å²) in [5.74, 6) is 0.103. The van der Waals surface area contributed by atoms with E-state index in [4.69, 9.17) is 4.74 Å². The minimum absolute atomic E-state index is 0.211. The SMILES string of the molecule is Cc1ccc(SCC(=O)OCc2ccc(-n3cccn3)cc2)cc1. The van der Waals surface area contributed by atoms with Crippen molar-refractivity contribution in [3.05, 3.63) is 78.1 Å². The van der Waals surface area contributed by atoms with Crippen molar-refractivity contribution in [2.45, 2.75) is 18.4 Å². The van der Waals surface area contributed by atoms with Crippen molar-refractivity contribution in [2.24, 2.45) is 0 Å². The van der Waals surface area contributed by atoms with Crippen molar-refractivity contribution in [2.75, 3.05) is 5.75 Å². The number of aromatic nitrogens is 2. The van der Waals surface area contributed by atoms with Crippen molar-refractivity contribution < 1.29 is 9.53 Å². The van der Waals surface area contributed by atoms with Crippen molar-refractivity contribution in [1.29, 1.82) is 0 Å². The van der Waals surface area contributed by atoms with E-state index >= 15 is 0 Å². The Balaban J connectivity index is 1.46. The summed E-state index contributed by atoms with van der Waals surface area (Å²) in [6.45, 7) is 2.33. The lowest BCUT2D eigenvalue weighted by molar-refractivity contribution is -0.141. The third kappa shape index (κ3) is 4.49. The molecule has 3 rings (SSSR count). The number of carbonyl (C=O) groups excluding carboxylic acids is 1. The van der Waals surface area contributed by atoms with E-state index in [1.807, 2.05) is 67.7 Å². The van der Waals surface area contributed by atoms with E-state index in [1.165, 1.54) is 17.3 Å². The summed E-state index contributed by atoms with van der Waals surface area (Å²) in [6, 6.07) is 17.8. The molecular weight excluding hydrogens is 320 g/mol. The zero-order chi connectivity index (χ0) is 16.8. The maximum atomic E-state index is 11.9. The van der Waals surface area contributed by atoms with Crippen molar-refractivity contribution in [1.82, 2.24) is 9.78 Å². The van der Waals surface area contributed by atoms with Crippen LogP contribution in [0.5, 0.6) is 0 Å². The molecule has 0 bridgehead atoms. The maximum Gasteiger partial charge on any atom is 0.316 e. The Bertz CT molecular complexity index is 781. The highest BCUT2D eigenvalue weighted by Gasteiger charge is 2.05. The topological polar surface area (TPSA) is 44.1 Å². The first-order chi connectivity index (χ1) is 11.7. The minimum Gasteiger partial charge on any atom is -0.460 e. The van der Waals surface area contributed by atoms with Crippen molar-refractivity contribution in [3.8, 4) is 5.69 Å². The Kier molecular flexibility index (Phi) is 5.33. The lowest BCUT2D eigenvalue weighted by Gasteiger charge is -2.07. The molecule has 4 nitrogen and oxygen atoms in total. The summed E-state index contributed by atoms with van der Waals surface area (Å²) in [5, 5.41) is 4.18. The molecule has 0 radical (unpaired) electrons. The molecule has 0 saturated heterocycles. The number of hydrogen-bond donors (Lipinski definition) is 0. The van der Waals surface area contributed by atoms with Crippen LogP contribution in [0.2, 0.25) is 0 Å². The van der Waals surface area contributed by atoms with Crippen LogP contribution in [0.4, 0.5) is 0 Å². The average molecular weight is 338 g/mol. The van der Waals surface area contributed by atoms with Crippen LogP contribution < -0.4 is 0 Å². The van der Waals surface area contributed by atoms with Crippen LogP contribution in [0.3, 0.4) is 0 Å². The number of thioether (sulfide) groups is 1. The molecule has 0 unspecified atom stereocenters. The predicted molar refractivity (Wildman–Crippen MR) is 95.3 cm³/mol. The van der Waals surface area contributed by atoms with Crippen LogP contribution in [-0.4, -0.2) is 21.5 Å². The quantitative estimate of drug-likeness (QED) is 0.503. The number of ether oxygens (including phenoxy) is 1. The van der Waals surface area contributed by atoms with Crippen LogP contribution in [0.25, 0.3) is 5.69 Å². The number of rotatable bonds is 6. The number of benzene rings is 2. The normalized spacial score (nSPS) is 10.5. The molecule has 0 aliphatic rings. The van der Waals surface area contributed by atoms with Gasteiger partial charge in [-0.1, -0.05) is 29.8 Å². The largest absolute Gasteiger partial charge is 0.460 e. The molecule has 0 aliphatic carbocycles. The van der Waals surface area contributed by atoms with Gasteiger partial charge in [0.15, 0.2) is 0 Å². The molecule has 0 atom stereocenters. The van der Waals surface area contributed by atoms with Gasteiger partial charge >= 0.3 is 5.97 Å². The van der Waals surface area contributed by atoms with Crippen LogP contribution >= 0.6 is 11.8 Å². The Morgan fingerprint density at radius 3 is 2.54 bits per heavy atom. The molecule has 2 aromatic carbocycles. The second-order valence-corrected chi connectivity index (χ2v) is 6.43. The Morgan fingerprint density at radius 1 is 1.12 bits per heavy atom. The molecule has 0 N–H and O–H groups in total. The fraction of sp³-hybridized carbons (Fsp3) is 0.158. The van der Waals surface area contributed by atoms with E-state index in [-0.39, 0.29) is 12.6 Å². The third-order valence-electron chi connectivity index (χ3n) is 3.48. The van der Waals surface area contributed by atoms with Gasteiger partial charge in [0.1, 0.15) is 6.61 Å². The maximum absolute atomic E-state index is 11.9. The second-order valence-electron chi connectivity index (χ2n) is 5.38. The summed E-state index contributed by atoms with van der Waals surface area (Å²) in [5.41, 5.74) is 3.14. The summed E-state index contributed by atoms with van der Waals surface area (Å²) in [7, 11) is 0. The first-order valence-corrected chi connectivity index (χ1v) is 8.63. The smallest absolute Gasteiger partial charge is 0.316 e. The lowest BCUT2D eigenvalue weighted by Crippen LogP contribution is -2.07. The highest BCUT2D eigenvalue weighted by molar-refractivity contribution is 8.00. The van der Waals surface area contributed by atoms with Gasteiger partial charge in [0.25, 0.3) is 0 Å². The molecular formula is C19H18N2O2S. The first kappa shape index (κ1) is 16.3. The Morgan fingerprint density at radius 2 is 1.88 bits per heavy atom. The van der Waals surface area contributed by atoms with Gasteiger partial charge in [-0.05, 0) is 42.8 Å². The van der Waals surface area contributed by atoms with Gasteiger partial charge < -0.3 is 4.74 Å². The molecule has 24 heavy (non-hydrogen) atoms. The molecule has 1 aromatic heterocycles. The highest BCUT2D eigenvalue weighted by atomic mass is 32.2. The van der Waals surface area contributed by atoms with Gasteiger partial charge in [-0.25, -0.2) is 4.68 Å². The minimum atomic E-state index is -0.211. The fourth-order valence-electron chi connectivity index (χ4n) is 2.15. The highest BCUT2D eigenvalue weighted by Crippen LogP contribution is 2.18. The van der Waals surface area contributed by atoms with Crippen LogP contribution in [0.1, 0.15) is 11.1 Å². The van der Waals surface area contributed by atoms with Crippen molar-refractivity contribution in [3.63, 3.8) is 0 Å². The monoisotopic (exact) mass is 338 g/mol. The van der Waals surface area contributed by atoms with Gasteiger partial charge in [0, 0.05) is 17.3 Å². The van der Waals surface area contributed by atoms with E-state index in [2.05, 4.69) is 5.10 Å². The average Bonchev–Trinajstić information content (AvgIpc) is 3.14. The molecule has 0 saturated carbocycles. The van der Waals surface area contributed by atoms with Gasteiger partial charge in [0.05, 0.1) is 11.4 Å². The number of nitrogens with zero attached hydrogens (tertiary/aromatic N) is 2. The van der Waals surface area contributed by atoms with Gasteiger partial charge in [-0.15, -0.1) is 11.8 Å². The van der Waals surface area contributed by atoms with Gasteiger partial charge in [0.2, 0.25) is 0 Å². The zero-order valence-corrected chi connectivity index (χ0v) is 14.2. The molecule has 0 fully saturated rings. The van der Waals surface area contributed by atoms with E-state index < -0.39 is 0 Å². The lowest BCUT2D eigenvalue weighted by atomic mass is 10.2. The summed E-state index contributed by atoms with van der Waals surface area (Å²) < 4.78 is 7.11. The van der Waals surface area contributed by atoms with Crippen molar-refractivity contribution >= 4 is 17.7 Å². The van der Waals surface area contributed by atoms with E-state index in [1.54, 1.807) is 10.9 Å². The molecule has 1 heterocycles. The van der Waals surface area contributed by atoms with Crippen LogP contribution in [0.15, 0.2) is 71.9 Å². The molecule has 0 amide bonds. The summed E-state index contributed by atoms with van der Waals surface area (Å²) >= 11 is 1.49. The fourth-order valence-corrected chi connectivity index (χ4v) is 2.85. The van der Waals surface area contributed by atoms with E-state index in [0.717, 1.165) is 16.1 Å². The Hall–Kier alpha value is -2.53. The molecule has 0 spiro atoms. The summed E-state index contributed by atoms with van der Waals surface area (Å²) in [6.07, 6.45) is 3.62. The van der Waals surface area contributed by atoms with Gasteiger partial charge in [-0.2, -0.15) is 5.10 Å².